The molecule has 2 rings (SSSR count). The molecule has 0 spiro atoms. The van der Waals surface area contributed by atoms with E-state index in [9.17, 15) is 4.79 Å². The number of nitrogens with zero attached hydrogens (tertiary/aromatic N) is 1. The second-order valence-electron chi connectivity index (χ2n) is 5.17. The third-order valence-electron chi connectivity index (χ3n) is 3.20. The molecule has 0 radical (unpaired) electrons. The maximum atomic E-state index is 12.2. The second kappa shape index (κ2) is 6.34. The molecule has 3 nitrogen and oxygen atoms in total. The minimum atomic E-state index is 0.256. The van der Waals surface area contributed by atoms with Crippen LogP contribution >= 0.6 is 11.3 Å². The molecule has 0 unspecified atom stereocenters. The average Bonchev–Trinajstić information content (AvgIpc) is 3.00. The Morgan fingerprint density at radius 2 is 2.33 bits per heavy atom. The van der Waals surface area contributed by atoms with Gasteiger partial charge in [-0.1, -0.05) is 6.07 Å². The van der Waals surface area contributed by atoms with Gasteiger partial charge in [-0.25, -0.2) is 0 Å². The monoisotopic (exact) mass is 266 g/mol. The van der Waals surface area contributed by atoms with Crippen molar-refractivity contribution in [3.8, 4) is 0 Å². The Hall–Kier alpha value is -0.870. The van der Waals surface area contributed by atoms with E-state index in [1.54, 1.807) is 11.3 Å². The Bertz CT molecular complexity index is 371. The van der Waals surface area contributed by atoms with E-state index in [1.807, 2.05) is 11.0 Å². The first-order valence-electron chi connectivity index (χ1n) is 6.72. The smallest absolute Gasteiger partial charge is 0.224 e. The molecule has 0 saturated heterocycles. The van der Waals surface area contributed by atoms with Gasteiger partial charge in [-0.15, -0.1) is 11.3 Å². The molecule has 0 aliphatic heterocycles. The molecule has 1 saturated carbocycles. The third kappa shape index (κ3) is 4.10. The summed E-state index contributed by atoms with van der Waals surface area (Å²) in [5.74, 6) is 0.256. The molecule has 1 N–H and O–H groups in total. The van der Waals surface area contributed by atoms with Gasteiger partial charge in [-0.05, 0) is 38.1 Å². The first kappa shape index (κ1) is 13.6. The molecule has 0 atom stereocenters. The van der Waals surface area contributed by atoms with Crippen molar-refractivity contribution < 1.29 is 4.79 Å². The van der Waals surface area contributed by atoms with E-state index in [-0.39, 0.29) is 11.9 Å². The van der Waals surface area contributed by atoms with Crippen LogP contribution in [0.5, 0.6) is 0 Å². The molecule has 1 amide bonds. The summed E-state index contributed by atoms with van der Waals surface area (Å²) in [6.07, 6.45) is 3.16. The molecule has 1 fully saturated rings. The molecule has 1 aliphatic rings. The van der Waals surface area contributed by atoms with E-state index in [4.69, 9.17) is 0 Å². The number of carbonyl (C=O) groups is 1. The summed E-state index contributed by atoms with van der Waals surface area (Å²) in [5, 5.41) is 5.46. The quantitative estimate of drug-likeness (QED) is 0.823. The summed E-state index contributed by atoms with van der Waals surface area (Å²) in [6, 6.07) is 5.08. The van der Waals surface area contributed by atoms with Gasteiger partial charge in [0.05, 0.1) is 6.54 Å². The lowest BCUT2D eigenvalue weighted by Gasteiger charge is -2.26. The SMILES string of the molecule is CC(C)N(Cc1cccs1)C(=O)CCNC1CC1. The summed E-state index contributed by atoms with van der Waals surface area (Å²) >= 11 is 1.72. The highest BCUT2D eigenvalue weighted by atomic mass is 32.1. The van der Waals surface area contributed by atoms with Crippen molar-refractivity contribution in [2.24, 2.45) is 0 Å². The van der Waals surface area contributed by atoms with Crippen LogP contribution in [-0.4, -0.2) is 29.4 Å². The molecule has 1 aromatic heterocycles. The number of hydrogen-bond donors (Lipinski definition) is 1. The molecule has 4 heteroatoms. The predicted octanol–water partition coefficient (Wildman–Crippen LogP) is 2.63. The standard InChI is InChI=1S/C14H22N2OS/c1-11(2)16(10-13-4-3-9-18-13)14(17)7-8-15-12-5-6-12/h3-4,9,11-12,15H,5-8,10H2,1-2H3. The fraction of sp³-hybridized carbons (Fsp3) is 0.643. The number of hydrogen-bond acceptors (Lipinski definition) is 3. The molecular weight excluding hydrogens is 244 g/mol. The first-order chi connectivity index (χ1) is 8.66. The Labute approximate surface area is 113 Å². The highest BCUT2D eigenvalue weighted by Crippen LogP contribution is 2.19. The zero-order valence-electron chi connectivity index (χ0n) is 11.2. The zero-order chi connectivity index (χ0) is 13.0. The molecule has 0 aromatic carbocycles. The highest BCUT2D eigenvalue weighted by molar-refractivity contribution is 7.09. The lowest BCUT2D eigenvalue weighted by Crippen LogP contribution is -2.37. The molecule has 0 bridgehead atoms. The van der Waals surface area contributed by atoms with Crippen LogP contribution in [0.3, 0.4) is 0 Å². The Morgan fingerprint density at radius 1 is 1.56 bits per heavy atom. The fourth-order valence-electron chi connectivity index (χ4n) is 1.94. The van der Waals surface area contributed by atoms with Crippen LogP contribution in [0.15, 0.2) is 17.5 Å². The highest BCUT2D eigenvalue weighted by Gasteiger charge is 2.22. The molecular formula is C14H22N2OS. The molecule has 18 heavy (non-hydrogen) atoms. The van der Waals surface area contributed by atoms with Crippen molar-refractivity contribution in [1.82, 2.24) is 10.2 Å². The van der Waals surface area contributed by atoms with Gasteiger partial charge in [0.15, 0.2) is 0 Å². The molecule has 1 aliphatic carbocycles. The van der Waals surface area contributed by atoms with E-state index < -0.39 is 0 Å². The van der Waals surface area contributed by atoms with E-state index >= 15 is 0 Å². The molecule has 1 aromatic rings. The van der Waals surface area contributed by atoms with Crippen LogP contribution in [0, 0.1) is 0 Å². The van der Waals surface area contributed by atoms with E-state index in [2.05, 4.69) is 30.6 Å². The zero-order valence-corrected chi connectivity index (χ0v) is 12.0. The average molecular weight is 266 g/mol. The Kier molecular flexibility index (Phi) is 4.78. The van der Waals surface area contributed by atoms with Crippen LogP contribution in [0.25, 0.3) is 0 Å². The Balaban J connectivity index is 1.81. The van der Waals surface area contributed by atoms with Gasteiger partial charge < -0.3 is 10.2 Å². The summed E-state index contributed by atoms with van der Waals surface area (Å²) in [5.41, 5.74) is 0. The fourth-order valence-corrected chi connectivity index (χ4v) is 2.65. The second-order valence-corrected chi connectivity index (χ2v) is 6.21. The lowest BCUT2D eigenvalue weighted by atomic mass is 10.2. The Morgan fingerprint density at radius 3 is 2.89 bits per heavy atom. The van der Waals surface area contributed by atoms with Crippen molar-refractivity contribution in [1.29, 1.82) is 0 Å². The largest absolute Gasteiger partial charge is 0.335 e. The van der Waals surface area contributed by atoms with Gasteiger partial charge in [0.2, 0.25) is 5.91 Å². The summed E-state index contributed by atoms with van der Waals surface area (Å²) in [6.45, 7) is 5.73. The minimum absolute atomic E-state index is 0.256. The minimum Gasteiger partial charge on any atom is -0.335 e. The summed E-state index contributed by atoms with van der Waals surface area (Å²) in [4.78, 5) is 15.4. The molecule has 1 heterocycles. The summed E-state index contributed by atoms with van der Waals surface area (Å²) in [7, 11) is 0. The number of amides is 1. The summed E-state index contributed by atoms with van der Waals surface area (Å²) < 4.78 is 0. The lowest BCUT2D eigenvalue weighted by molar-refractivity contribution is -0.133. The van der Waals surface area contributed by atoms with Gasteiger partial charge in [0.1, 0.15) is 0 Å². The number of nitrogens with one attached hydrogen (secondary N) is 1. The van der Waals surface area contributed by atoms with Crippen LogP contribution in [0.1, 0.15) is 38.0 Å². The maximum Gasteiger partial charge on any atom is 0.224 e. The van der Waals surface area contributed by atoms with Gasteiger partial charge in [-0.3, -0.25) is 4.79 Å². The maximum absolute atomic E-state index is 12.2. The van der Waals surface area contributed by atoms with Gasteiger partial charge in [0.25, 0.3) is 0 Å². The van der Waals surface area contributed by atoms with Crippen molar-refractivity contribution in [2.45, 2.75) is 51.7 Å². The van der Waals surface area contributed by atoms with Crippen LogP contribution in [0.4, 0.5) is 0 Å². The van der Waals surface area contributed by atoms with Crippen molar-refractivity contribution in [3.63, 3.8) is 0 Å². The first-order valence-corrected chi connectivity index (χ1v) is 7.60. The van der Waals surface area contributed by atoms with E-state index in [0.29, 0.717) is 12.5 Å². The van der Waals surface area contributed by atoms with Gasteiger partial charge in [0, 0.05) is 29.9 Å². The predicted molar refractivity (Wildman–Crippen MR) is 75.6 cm³/mol. The molecule has 100 valence electrons. The normalized spacial score (nSPS) is 15.1. The topological polar surface area (TPSA) is 32.3 Å². The van der Waals surface area contributed by atoms with Crippen molar-refractivity contribution >= 4 is 17.2 Å². The van der Waals surface area contributed by atoms with Crippen LogP contribution in [0.2, 0.25) is 0 Å². The van der Waals surface area contributed by atoms with E-state index in [1.165, 1.54) is 17.7 Å². The third-order valence-corrected chi connectivity index (χ3v) is 4.06. The number of carbonyl (C=O) groups excluding carboxylic acids is 1. The van der Waals surface area contributed by atoms with Crippen LogP contribution < -0.4 is 5.32 Å². The van der Waals surface area contributed by atoms with E-state index in [0.717, 1.165) is 13.1 Å². The van der Waals surface area contributed by atoms with Gasteiger partial charge in [-0.2, -0.15) is 0 Å². The van der Waals surface area contributed by atoms with Crippen molar-refractivity contribution in [3.05, 3.63) is 22.4 Å². The van der Waals surface area contributed by atoms with Crippen LogP contribution in [-0.2, 0) is 11.3 Å². The van der Waals surface area contributed by atoms with Crippen molar-refractivity contribution in [2.75, 3.05) is 6.54 Å². The van der Waals surface area contributed by atoms with Gasteiger partial charge >= 0.3 is 0 Å². The number of thiophene rings is 1. The number of rotatable bonds is 7.